The van der Waals surface area contributed by atoms with Gasteiger partial charge in [-0.2, -0.15) is 0 Å². The Morgan fingerprint density at radius 1 is 0.962 bits per heavy atom. The predicted octanol–water partition coefficient (Wildman–Crippen LogP) is 3.59. The molecule has 0 aromatic heterocycles. The number of methoxy groups -OCH3 is 1. The van der Waals surface area contributed by atoms with Crippen LogP contribution < -0.4 is 15.0 Å². The van der Waals surface area contributed by atoms with Crippen LogP contribution in [-0.2, 0) is 9.59 Å². The first-order chi connectivity index (χ1) is 12.7. The summed E-state index contributed by atoms with van der Waals surface area (Å²) < 4.78 is 5.14. The highest BCUT2D eigenvalue weighted by molar-refractivity contribution is 6.25. The van der Waals surface area contributed by atoms with E-state index >= 15 is 0 Å². The number of amides is 2. The second kappa shape index (κ2) is 6.52. The highest BCUT2D eigenvalue weighted by Gasteiger charge is 2.40. The molecule has 1 unspecified atom stereocenters. The maximum atomic E-state index is 12.9. The molecule has 1 saturated heterocycles. The molecule has 0 bridgehead atoms. The Kier molecular flexibility index (Phi) is 4.05. The standard InChI is InChI=1S/C21H18N2O3/c1-26-16-11-9-15(10-12-16)22-18-13-20(24)23(21(18)25)19-8-4-6-14-5-2-3-7-17(14)19/h2-12,18,22H,13H2,1H3. The van der Waals surface area contributed by atoms with Gasteiger partial charge in [0.25, 0.3) is 5.91 Å². The molecule has 1 aliphatic heterocycles. The fraction of sp³-hybridized carbons (Fsp3) is 0.143. The molecule has 5 nitrogen and oxygen atoms in total. The van der Waals surface area contributed by atoms with Crippen LogP contribution in [0, 0.1) is 0 Å². The second-order valence-electron chi connectivity index (χ2n) is 6.20. The van der Waals surface area contributed by atoms with Gasteiger partial charge < -0.3 is 10.1 Å². The normalized spacial score (nSPS) is 17.0. The third-order valence-electron chi connectivity index (χ3n) is 4.59. The summed E-state index contributed by atoms with van der Waals surface area (Å²) in [5.74, 6) is 0.307. The molecule has 1 atom stereocenters. The number of carbonyl (C=O) groups excluding carboxylic acids is 2. The first kappa shape index (κ1) is 16.1. The van der Waals surface area contributed by atoms with E-state index in [1.54, 1.807) is 7.11 Å². The first-order valence-electron chi connectivity index (χ1n) is 8.42. The Bertz CT molecular complexity index is 977. The zero-order valence-corrected chi connectivity index (χ0v) is 14.3. The number of fused-ring (bicyclic) bond motifs is 1. The van der Waals surface area contributed by atoms with Crippen molar-refractivity contribution in [1.82, 2.24) is 0 Å². The zero-order chi connectivity index (χ0) is 18.1. The molecule has 0 aliphatic carbocycles. The zero-order valence-electron chi connectivity index (χ0n) is 14.3. The predicted molar refractivity (Wildman–Crippen MR) is 101 cm³/mol. The molecule has 0 radical (unpaired) electrons. The monoisotopic (exact) mass is 346 g/mol. The van der Waals surface area contributed by atoms with Crippen molar-refractivity contribution in [3.05, 3.63) is 66.7 Å². The Hall–Kier alpha value is -3.34. The maximum Gasteiger partial charge on any atom is 0.256 e. The molecule has 0 saturated carbocycles. The van der Waals surface area contributed by atoms with E-state index in [4.69, 9.17) is 4.74 Å². The smallest absolute Gasteiger partial charge is 0.256 e. The third-order valence-corrected chi connectivity index (χ3v) is 4.59. The Morgan fingerprint density at radius 2 is 1.69 bits per heavy atom. The summed E-state index contributed by atoms with van der Waals surface area (Å²) in [6.07, 6.45) is 0.133. The third kappa shape index (κ3) is 2.77. The van der Waals surface area contributed by atoms with Gasteiger partial charge in [-0.3, -0.25) is 9.59 Å². The molecule has 3 aromatic carbocycles. The van der Waals surface area contributed by atoms with Crippen molar-refractivity contribution in [3.63, 3.8) is 0 Å². The lowest BCUT2D eigenvalue weighted by atomic mass is 10.1. The molecule has 1 heterocycles. The average Bonchev–Trinajstić information content (AvgIpc) is 2.95. The molecule has 2 amide bonds. The van der Waals surface area contributed by atoms with Crippen LogP contribution in [-0.4, -0.2) is 25.0 Å². The van der Waals surface area contributed by atoms with Crippen LogP contribution in [0.2, 0.25) is 0 Å². The lowest BCUT2D eigenvalue weighted by Crippen LogP contribution is -2.34. The van der Waals surface area contributed by atoms with E-state index in [0.29, 0.717) is 5.69 Å². The topological polar surface area (TPSA) is 58.6 Å². The fourth-order valence-corrected chi connectivity index (χ4v) is 3.29. The van der Waals surface area contributed by atoms with Crippen molar-refractivity contribution in [2.75, 3.05) is 17.3 Å². The van der Waals surface area contributed by atoms with Crippen LogP contribution in [0.15, 0.2) is 66.7 Å². The summed E-state index contributed by atoms with van der Waals surface area (Å²) in [7, 11) is 1.60. The number of rotatable bonds is 4. The van der Waals surface area contributed by atoms with Gasteiger partial charge in [-0.1, -0.05) is 36.4 Å². The van der Waals surface area contributed by atoms with Crippen LogP contribution in [0.1, 0.15) is 6.42 Å². The minimum atomic E-state index is -0.574. The molecule has 26 heavy (non-hydrogen) atoms. The number of ether oxygens (including phenoxy) is 1. The van der Waals surface area contributed by atoms with Crippen molar-refractivity contribution in [1.29, 1.82) is 0 Å². The maximum absolute atomic E-state index is 12.9. The van der Waals surface area contributed by atoms with Gasteiger partial charge >= 0.3 is 0 Å². The molecule has 1 N–H and O–H groups in total. The van der Waals surface area contributed by atoms with Gasteiger partial charge in [0.05, 0.1) is 19.2 Å². The second-order valence-corrected chi connectivity index (χ2v) is 6.20. The Balaban J connectivity index is 1.62. The summed E-state index contributed by atoms with van der Waals surface area (Å²) in [5, 5.41) is 5.04. The van der Waals surface area contributed by atoms with E-state index in [-0.39, 0.29) is 18.2 Å². The number of benzene rings is 3. The Labute approximate surface area is 151 Å². The van der Waals surface area contributed by atoms with E-state index in [1.807, 2.05) is 66.7 Å². The van der Waals surface area contributed by atoms with Gasteiger partial charge in [-0.05, 0) is 35.7 Å². The number of carbonyl (C=O) groups is 2. The van der Waals surface area contributed by atoms with Gasteiger partial charge in [0.1, 0.15) is 11.8 Å². The molecule has 5 heteroatoms. The van der Waals surface area contributed by atoms with Crippen molar-refractivity contribution >= 4 is 34.0 Å². The van der Waals surface area contributed by atoms with Crippen molar-refractivity contribution in [2.45, 2.75) is 12.5 Å². The van der Waals surface area contributed by atoms with Gasteiger partial charge in [-0.15, -0.1) is 0 Å². The quantitative estimate of drug-likeness (QED) is 0.734. The van der Waals surface area contributed by atoms with Crippen molar-refractivity contribution in [2.24, 2.45) is 0 Å². The molecule has 1 aliphatic rings. The van der Waals surface area contributed by atoms with Gasteiger partial charge in [0.15, 0.2) is 0 Å². The van der Waals surface area contributed by atoms with E-state index in [9.17, 15) is 9.59 Å². The molecular weight excluding hydrogens is 328 g/mol. The number of nitrogens with one attached hydrogen (secondary N) is 1. The summed E-state index contributed by atoms with van der Waals surface area (Å²) in [6.45, 7) is 0. The van der Waals surface area contributed by atoms with Crippen LogP contribution >= 0.6 is 0 Å². The van der Waals surface area contributed by atoms with Crippen molar-refractivity contribution < 1.29 is 14.3 Å². The minimum absolute atomic E-state index is 0.133. The minimum Gasteiger partial charge on any atom is -0.497 e. The number of hydrogen-bond acceptors (Lipinski definition) is 4. The number of imide groups is 1. The van der Waals surface area contributed by atoms with Crippen LogP contribution in [0.5, 0.6) is 5.75 Å². The van der Waals surface area contributed by atoms with E-state index in [0.717, 1.165) is 22.2 Å². The van der Waals surface area contributed by atoms with Gasteiger partial charge in [0.2, 0.25) is 5.91 Å². The summed E-state index contributed by atoms with van der Waals surface area (Å²) in [6, 6.07) is 20.1. The van der Waals surface area contributed by atoms with E-state index in [1.165, 1.54) is 4.90 Å². The molecule has 4 rings (SSSR count). The first-order valence-corrected chi connectivity index (χ1v) is 8.42. The van der Waals surface area contributed by atoms with Gasteiger partial charge in [0, 0.05) is 11.1 Å². The Morgan fingerprint density at radius 3 is 2.46 bits per heavy atom. The summed E-state index contributed by atoms with van der Waals surface area (Å²) in [5.41, 5.74) is 1.41. The average molecular weight is 346 g/mol. The molecular formula is C21H18N2O3. The lowest BCUT2D eigenvalue weighted by Gasteiger charge is -2.18. The highest BCUT2D eigenvalue weighted by Crippen LogP contribution is 2.31. The molecule has 130 valence electrons. The lowest BCUT2D eigenvalue weighted by molar-refractivity contribution is -0.121. The van der Waals surface area contributed by atoms with E-state index < -0.39 is 6.04 Å². The number of hydrogen-bond donors (Lipinski definition) is 1. The van der Waals surface area contributed by atoms with Crippen LogP contribution in [0.3, 0.4) is 0 Å². The highest BCUT2D eigenvalue weighted by atomic mass is 16.5. The fourth-order valence-electron chi connectivity index (χ4n) is 3.29. The van der Waals surface area contributed by atoms with Gasteiger partial charge in [-0.25, -0.2) is 4.90 Å². The molecule has 3 aromatic rings. The van der Waals surface area contributed by atoms with Crippen LogP contribution in [0.4, 0.5) is 11.4 Å². The van der Waals surface area contributed by atoms with E-state index in [2.05, 4.69) is 5.32 Å². The summed E-state index contributed by atoms with van der Waals surface area (Å²) in [4.78, 5) is 26.8. The van der Waals surface area contributed by atoms with Crippen LogP contribution in [0.25, 0.3) is 10.8 Å². The number of anilines is 2. The SMILES string of the molecule is COc1ccc(NC2CC(=O)N(c3cccc4ccccc34)C2=O)cc1. The molecule has 0 spiro atoms. The number of nitrogens with zero attached hydrogens (tertiary/aromatic N) is 1. The summed E-state index contributed by atoms with van der Waals surface area (Å²) >= 11 is 0. The molecule has 1 fully saturated rings. The largest absolute Gasteiger partial charge is 0.497 e. The van der Waals surface area contributed by atoms with Crippen molar-refractivity contribution in [3.8, 4) is 5.75 Å².